The van der Waals surface area contributed by atoms with E-state index in [-0.39, 0.29) is 5.54 Å². The fraction of sp³-hybridized carbons (Fsp3) is 1.00. The molecular formula is C13H27NO. The summed E-state index contributed by atoms with van der Waals surface area (Å²) in [7, 11) is 1.83. The molecule has 0 spiro atoms. The zero-order chi connectivity index (χ0) is 11.9. The fourth-order valence-electron chi connectivity index (χ4n) is 2.53. The van der Waals surface area contributed by atoms with Crippen LogP contribution < -0.4 is 0 Å². The van der Waals surface area contributed by atoms with Crippen LogP contribution in [0.3, 0.4) is 0 Å². The van der Waals surface area contributed by atoms with Crippen molar-refractivity contribution in [1.29, 1.82) is 0 Å². The smallest absolute Gasteiger partial charge is 0.0713 e. The van der Waals surface area contributed by atoms with Crippen molar-refractivity contribution in [2.45, 2.75) is 65.6 Å². The van der Waals surface area contributed by atoms with E-state index in [2.05, 4.69) is 46.4 Å². The van der Waals surface area contributed by atoms with Crippen LogP contribution >= 0.6 is 0 Å². The van der Waals surface area contributed by atoms with Crippen LogP contribution in [0, 0.1) is 5.41 Å². The predicted molar refractivity (Wildman–Crippen MR) is 65.1 cm³/mol. The Morgan fingerprint density at radius 2 is 1.60 bits per heavy atom. The molecule has 1 aliphatic heterocycles. The van der Waals surface area contributed by atoms with E-state index in [1.165, 1.54) is 0 Å². The number of likely N-dealkylation sites (tertiary alicyclic amines) is 1. The standard InChI is InChI=1S/C13H27NO/c1-12(2,3)11-8-10(15-7)9-14(11)13(4,5)6/h10-11H,8-9H2,1-7H3/t10-,11-/m0/s1. The second-order valence-electron chi connectivity index (χ2n) is 6.80. The highest BCUT2D eigenvalue weighted by atomic mass is 16.5. The first-order chi connectivity index (χ1) is 6.66. The minimum Gasteiger partial charge on any atom is -0.380 e. The molecule has 0 aromatic rings. The monoisotopic (exact) mass is 213 g/mol. The Morgan fingerprint density at radius 3 is 1.87 bits per heavy atom. The molecule has 0 amide bonds. The molecule has 90 valence electrons. The molecule has 0 aromatic heterocycles. The maximum atomic E-state index is 5.52. The summed E-state index contributed by atoms with van der Waals surface area (Å²) >= 11 is 0. The molecule has 1 fully saturated rings. The number of hydrogen-bond acceptors (Lipinski definition) is 2. The van der Waals surface area contributed by atoms with Crippen LogP contribution in [0.5, 0.6) is 0 Å². The van der Waals surface area contributed by atoms with Gasteiger partial charge in [-0.15, -0.1) is 0 Å². The fourth-order valence-corrected chi connectivity index (χ4v) is 2.53. The van der Waals surface area contributed by atoms with Crippen molar-refractivity contribution in [2.24, 2.45) is 5.41 Å². The average molecular weight is 213 g/mol. The summed E-state index contributed by atoms with van der Waals surface area (Å²) in [5, 5.41) is 0. The lowest BCUT2D eigenvalue weighted by molar-refractivity contribution is 0.0516. The highest BCUT2D eigenvalue weighted by Crippen LogP contribution is 2.37. The number of ether oxygens (including phenoxy) is 1. The van der Waals surface area contributed by atoms with E-state index in [1.54, 1.807) is 0 Å². The molecule has 2 atom stereocenters. The van der Waals surface area contributed by atoms with E-state index >= 15 is 0 Å². The summed E-state index contributed by atoms with van der Waals surface area (Å²) < 4.78 is 5.52. The first-order valence-electron chi connectivity index (χ1n) is 5.96. The normalized spacial score (nSPS) is 29.8. The van der Waals surface area contributed by atoms with Gasteiger partial charge in [-0.2, -0.15) is 0 Å². The van der Waals surface area contributed by atoms with Gasteiger partial charge in [0.15, 0.2) is 0 Å². The van der Waals surface area contributed by atoms with Crippen LogP contribution in [0.15, 0.2) is 0 Å². The minimum atomic E-state index is 0.241. The Labute approximate surface area is 95.0 Å². The SMILES string of the molecule is CO[C@H]1C[C@@H](C(C)(C)C)N(C(C)(C)C)C1. The number of methoxy groups -OCH3 is 1. The van der Waals surface area contributed by atoms with Gasteiger partial charge in [0.1, 0.15) is 0 Å². The second kappa shape index (κ2) is 4.06. The van der Waals surface area contributed by atoms with Gasteiger partial charge in [0.2, 0.25) is 0 Å². The number of hydrogen-bond donors (Lipinski definition) is 0. The van der Waals surface area contributed by atoms with E-state index in [1.807, 2.05) is 7.11 Å². The van der Waals surface area contributed by atoms with Gasteiger partial charge in [-0.05, 0) is 32.6 Å². The van der Waals surface area contributed by atoms with E-state index in [0.717, 1.165) is 13.0 Å². The molecule has 0 aromatic carbocycles. The molecule has 1 rings (SSSR count). The Balaban J connectivity index is 2.84. The van der Waals surface area contributed by atoms with Gasteiger partial charge in [0.05, 0.1) is 6.10 Å². The topological polar surface area (TPSA) is 12.5 Å². The van der Waals surface area contributed by atoms with E-state index in [4.69, 9.17) is 4.74 Å². The van der Waals surface area contributed by atoms with Crippen molar-refractivity contribution in [2.75, 3.05) is 13.7 Å². The lowest BCUT2D eigenvalue weighted by Gasteiger charge is -2.42. The summed E-state index contributed by atoms with van der Waals surface area (Å²) in [5.41, 5.74) is 0.575. The first-order valence-corrected chi connectivity index (χ1v) is 5.96. The molecule has 0 aliphatic carbocycles. The average Bonchev–Trinajstić information content (AvgIpc) is 2.44. The van der Waals surface area contributed by atoms with Crippen LogP contribution in [0.1, 0.15) is 48.0 Å². The molecule has 0 bridgehead atoms. The Bertz CT molecular complexity index is 190. The van der Waals surface area contributed by atoms with Gasteiger partial charge in [0.25, 0.3) is 0 Å². The van der Waals surface area contributed by atoms with Crippen LogP contribution in [-0.4, -0.2) is 36.2 Å². The zero-order valence-corrected chi connectivity index (χ0v) is 11.4. The molecule has 0 radical (unpaired) electrons. The van der Waals surface area contributed by atoms with Crippen molar-refractivity contribution < 1.29 is 4.74 Å². The van der Waals surface area contributed by atoms with Gasteiger partial charge >= 0.3 is 0 Å². The van der Waals surface area contributed by atoms with Gasteiger partial charge in [-0.25, -0.2) is 0 Å². The Hall–Kier alpha value is -0.0800. The third-order valence-corrected chi connectivity index (χ3v) is 3.46. The molecule has 0 N–H and O–H groups in total. The molecule has 1 aliphatic rings. The lowest BCUT2D eigenvalue weighted by atomic mass is 9.83. The molecule has 0 unspecified atom stereocenters. The molecule has 2 heteroatoms. The summed E-state index contributed by atoms with van der Waals surface area (Å²) in [6, 6.07) is 0.627. The highest BCUT2D eigenvalue weighted by Gasteiger charge is 2.43. The van der Waals surface area contributed by atoms with Gasteiger partial charge in [0, 0.05) is 25.2 Å². The molecular weight excluding hydrogens is 186 g/mol. The largest absolute Gasteiger partial charge is 0.380 e. The third kappa shape index (κ3) is 2.94. The molecule has 1 saturated heterocycles. The van der Waals surface area contributed by atoms with Gasteiger partial charge in [-0.1, -0.05) is 20.8 Å². The summed E-state index contributed by atoms with van der Waals surface area (Å²) in [6.07, 6.45) is 1.57. The second-order valence-corrected chi connectivity index (χ2v) is 6.80. The van der Waals surface area contributed by atoms with Crippen molar-refractivity contribution >= 4 is 0 Å². The molecule has 1 heterocycles. The summed E-state index contributed by atoms with van der Waals surface area (Å²) in [5.74, 6) is 0. The Morgan fingerprint density at radius 1 is 1.07 bits per heavy atom. The quantitative estimate of drug-likeness (QED) is 0.664. The van der Waals surface area contributed by atoms with Crippen LogP contribution in [0.2, 0.25) is 0 Å². The van der Waals surface area contributed by atoms with E-state index in [0.29, 0.717) is 17.6 Å². The molecule has 0 saturated carbocycles. The van der Waals surface area contributed by atoms with E-state index in [9.17, 15) is 0 Å². The maximum absolute atomic E-state index is 5.52. The van der Waals surface area contributed by atoms with Gasteiger partial charge in [-0.3, -0.25) is 4.90 Å². The molecule has 15 heavy (non-hydrogen) atoms. The first kappa shape index (κ1) is 13.0. The highest BCUT2D eigenvalue weighted by molar-refractivity contribution is 4.97. The van der Waals surface area contributed by atoms with Crippen molar-refractivity contribution in [3.63, 3.8) is 0 Å². The third-order valence-electron chi connectivity index (χ3n) is 3.46. The van der Waals surface area contributed by atoms with E-state index < -0.39 is 0 Å². The van der Waals surface area contributed by atoms with Crippen LogP contribution in [0.25, 0.3) is 0 Å². The summed E-state index contributed by atoms with van der Waals surface area (Å²) in [6.45, 7) is 14.9. The van der Waals surface area contributed by atoms with Crippen molar-refractivity contribution in [1.82, 2.24) is 4.90 Å². The predicted octanol–water partition coefficient (Wildman–Crippen LogP) is 2.92. The minimum absolute atomic E-state index is 0.241. The lowest BCUT2D eigenvalue weighted by Crippen LogP contribution is -2.49. The van der Waals surface area contributed by atoms with Crippen molar-refractivity contribution in [3.05, 3.63) is 0 Å². The summed E-state index contributed by atoms with van der Waals surface area (Å²) in [4.78, 5) is 2.60. The van der Waals surface area contributed by atoms with Crippen molar-refractivity contribution in [3.8, 4) is 0 Å². The van der Waals surface area contributed by atoms with Crippen LogP contribution in [-0.2, 0) is 4.74 Å². The Kier molecular flexibility index (Phi) is 3.52. The maximum Gasteiger partial charge on any atom is 0.0713 e. The van der Waals surface area contributed by atoms with Crippen LogP contribution in [0.4, 0.5) is 0 Å². The number of rotatable bonds is 1. The molecule has 2 nitrogen and oxygen atoms in total. The number of nitrogens with zero attached hydrogens (tertiary/aromatic N) is 1. The van der Waals surface area contributed by atoms with Gasteiger partial charge < -0.3 is 4.74 Å². The zero-order valence-electron chi connectivity index (χ0n) is 11.4.